The Bertz CT molecular complexity index is 106. The summed E-state index contributed by atoms with van der Waals surface area (Å²) in [5, 5.41) is 0. The summed E-state index contributed by atoms with van der Waals surface area (Å²) in [6, 6.07) is -0.236. The van der Waals surface area contributed by atoms with E-state index in [2.05, 4.69) is 0 Å². The molecule has 1 aliphatic rings. The molecule has 48 valence electrons. The Kier molecular flexibility index (Phi) is 1.91. The van der Waals surface area contributed by atoms with Crippen molar-refractivity contribution in [3.05, 3.63) is 0 Å². The molecule has 1 heterocycles. The van der Waals surface area contributed by atoms with E-state index in [4.69, 9.17) is 12.6 Å². The highest BCUT2D eigenvalue weighted by atomic mass is 16.5. The van der Waals surface area contributed by atoms with Crippen LogP contribution in [-0.2, 0) is 9.53 Å². The molecule has 0 aromatic carbocycles. The van der Waals surface area contributed by atoms with Gasteiger partial charge in [0.25, 0.3) is 0 Å². The van der Waals surface area contributed by atoms with Gasteiger partial charge < -0.3 is 9.53 Å². The SMILES string of the molecule is [B]C1OC(C=O)CC1C. The van der Waals surface area contributed by atoms with Gasteiger partial charge >= 0.3 is 0 Å². The van der Waals surface area contributed by atoms with Crippen LogP contribution in [0.4, 0.5) is 0 Å². The molecule has 0 N–H and O–H groups in total. The Morgan fingerprint density at radius 3 is 2.67 bits per heavy atom. The molecule has 0 aromatic heterocycles. The summed E-state index contributed by atoms with van der Waals surface area (Å²) in [5.41, 5.74) is 0. The van der Waals surface area contributed by atoms with E-state index in [0.717, 1.165) is 12.7 Å². The van der Waals surface area contributed by atoms with Crippen molar-refractivity contribution in [1.29, 1.82) is 0 Å². The molecule has 1 saturated heterocycles. The topological polar surface area (TPSA) is 26.3 Å². The smallest absolute Gasteiger partial charge is 0.148 e. The van der Waals surface area contributed by atoms with Gasteiger partial charge in [-0.25, -0.2) is 0 Å². The monoisotopic (exact) mass is 124 g/mol. The first-order chi connectivity index (χ1) is 4.24. The molecule has 3 heteroatoms. The highest BCUT2D eigenvalue weighted by molar-refractivity contribution is 6.11. The van der Waals surface area contributed by atoms with Gasteiger partial charge in [-0.1, -0.05) is 6.92 Å². The van der Waals surface area contributed by atoms with Gasteiger partial charge in [-0.15, -0.1) is 0 Å². The van der Waals surface area contributed by atoms with Gasteiger partial charge in [-0.3, -0.25) is 0 Å². The fourth-order valence-corrected chi connectivity index (χ4v) is 0.980. The van der Waals surface area contributed by atoms with E-state index in [1.807, 2.05) is 6.92 Å². The van der Waals surface area contributed by atoms with Crippen LogP contribution in [0.1, 0.15) is 13.3 Å². The molecule has 2 radical (unpaired) electrons. The fraction of sp³-hybridized carbons (Fsp3) is 0.833. The van der Waals surface area contributed by atoms with E-state index >= 15 is 0 Å². The summed E-state index contributed by atoms with van der Waals surface area (Å²) >= 11 is 0. The van der Waals surface area contributed by atoms with Crippen LogP contribution in [0.15, 0.2) is 0 Å². The first-order valence-electron chi connectivity index (χ1n) is 3.10. The lowest BCUT2D eigenvalue weighted by atomic mass is 9.88. The summed E-state index contributed by atoms with van der Waals surface area (Å²) in [7, 11) is 5.46. The first-order valence-corrected chi connectivity index (χ1v) is 3.10. The molecule has 0 amide bonds. The Morgan fingerprint density at radius 1 is 1.78 bits per heavy atom. The van der Waals surface area contributed by atoms with Crippen molar-refractivity contribution in [2.45, 2.75) is 25.5 Å². The lowest BCUT2D eigenvalue weighted by Gasteiger charge is -2.05. The second-order valence-electron chi connectivity index (χ2n) is 2.49. The molecular weight excluding hydrogens is 115 g/mol. The zero-order valence-corrected chi connectivity index (χ0v) is 5.41. The van der Waals surface area contributed by atoms with Crippen molar-refractivity contribution in [3.63, 3.8) is 0 Å². The van der Waals surface area contributed by atoms with Crippen LogP contribution in [0.3, 0.4) is 0 Å². The lowest BCUT2D eigenvalue weighted by molar-refractivity contribution is -0.116. The van der Waals surface area contributed by atoms with E-state index in [0.29, 0.717) is 5.92 Å². The third-order valence-corrected chi connectivity index (χ3v) is 1.65. The molecule has 3 unspecified atom stereocenters. The molecule has 1 aliphatic heterocycles. The lowest BCUT2D eigenvalue weighted by Crippen LogP contribution is -2.13. The summed E-state index contributed by atoms with van der Waals surface area (Å²) < 4.78 is 5.03. The molecule has 0 spiro atoms. The zero-order valence-electron chi connectivity index (χ0n) is 5.41. The minimum absolute atomic E-state index is 0.236. The number of rotatable bonds is 1. The van der Waals surface area contributed by atoms with E-state index < -0.39 is 0 Å². The Hall–Kier alpha value is -0.305. The molecule has 3 atom stereocenters. The van der Waals surface area contributed by atoms with Crippen LogP contribution >= 0.6 is 0 Å². The van der Waals surface area contributed by atoms with Gasteiger partial charge in [0, 0.05) is 6.00 Å². The molecule has 9 heavy (non-hydrogen) atoms. The van der Waals surface area contributed by atoms with Gasteiger partial charge in [0.05, 0.1) is 0 Å². The van der Waals surface area contributed by atoms with E-state index in [1.165, 1.54) is 0 Å². The predicted octanol–water partition coefficient (Wildman–Crippen LogP) is 0.105. The van der Waals surface area contributed by atoms with E-state index in [-0.39, 0.29) is 12.1 Å². The Morgan fingerprint density at radius 2 is 2.44 bits per heavy atom. The van der Waals surface area contributed by atoms with Crippen LogP contribution in [0.5, 0.6) is 0 Å². The highest BCUT2D eigenvalue weighted by Gasteiger charge is 2.27. The zero-order chi connectivity index (χ0) is 6.85. The third kappa shape index (κ3) is 1.33. The number of hydrogen-bond acceptors (Lipinski definition) is 2. The van der Waals surface area contributed by atoms with E-state index in [9.17, 15) is 4.79 Å². The van der Waals surface area contributed by atoms with Gasteiger partial charge in [-0.2, -0.15) is 0 Å². The summed E-state index contributed by atoms with van der Waals surface area (Å²) in [4.78, 5) is 10.1. The number of hydrogen-bond donors (Lipinski definition) is 0. The average molecular weight is 124 g/mol. The Balaban J connectivity index is 2.43. The molecule has 1 fully saturated rings. The van der Waals surface area contributed by atoms with Gasteiger partial charge in [0.2, 0.25) is 0 Å². The van der Waals surface area contributed by atoms with Crippen molar-refractivity contribution in [2.75, 3.05) is 0 Å². The molecule has 2 nitrogen and oxygen atoms in total. The molecule has 0 aliphatic carbocycles. The third-order valence-electron chi connectivity index (χ3n) is 1.65. The largest absolute Gasteiger partial charge is 0.377 e. The molecule has 1 rings (SSSR count). The summed E-state index contributed by atoms with van der Waals surface area (Å²) in [5.74, 6) is 0.320. The Labute approximate surface area is 56.0 Å². The molecular formula is C6H9BO2. The maximum absolute atomic E-state index is 10.1. The second-order valence-corrected chi connectivity index (χ2v) is 2.49. The van der Waals surface area contributed by atoms with Crippen LogP contribution < -0.4 is 0 Å². The number of carbonyl (C=O) groups is 1. The van der Waals surface area contributed by atoms with Crippen LogP contribution in [0.2, 0.25) is 0 Å². The maximum Gasteiger partial charge on any atom is 0.148 e. The second kappa shape index (κ2) is 2.52. The van der Waals surface area contributed by atoms with Crippen LogP contribution in [-0.4, -0.2) is 26.2 Å². The normalized spacial score (nSPS) is 43.0. The van der Waals surface area contributed by atoms with Crippen LogP contribution in [0.25, 0.3) is 0 Å². The van der Waals surface area contributed by atoms with Crippen LogP contribution in [0, 0.1) is 5.92 Å². The number of aldehydes is 1. The highest BCUT2D eigenvalue weighted by Crippen LogP contribution is 2.22. The quantitative estimate of drug-likeness (QED) is 0.366. The average Bonchev–Trinajstić information content (AvgIpc) is 2.13. The summed E-state index contributed by atoms with van der Waals surface area (Å²) in [6.45, 7) is 1.98. The molecule has 0 saturated carbocycles. The summed E-state index contributed by atoms with van der Waals surface area (Å²) in [6.07, 6.45) is 1.32. The van der Waals surface area contributed by atoms with Crippen molar-refractivity contribution in [3.8, 4) is 0 Å². The van der Waals surface area contributed by atoms with Gasteiger partial charge in [0.15, 0.2) is 0 Å². The van der Waals surface area contributed by atoms with Gasteiger partial charge in [-0.05, 0) is 12.3 Å². The maximum atomic E-state index is 10.1. The number of ether oxygens (including phenoxy) is 1. The minimum atomic E-state index is -0.255. The predicted molar refractivity (Wildman–Crippen MR) is 34.3 cm³/mol. The standard InChI is InChI=1S/C6H9BO2/c1-4-2-5(3-8)9-6(4)7/h3-6H,2H2,1H3. The van der Waals surface area contributed by atoms with Crippen molar-refractivity contribution < 1.29 is 9.53 Å². The van der Waals surface area contributed by atoms with Crippen molar-refractivity contribution >= 4 is 14.1 Å². The van der Waals surface area contributed by atoms with E-state index in [1.54, 1.807) is 0 Å². The van der Waals surface area contributed by atoms with Gasteiger partial charge in [0.1, 0.15) is 20.2 Å². The first kappa shape index (κ1) is 6.81. The number of carbonyl (C=O) groups excluding carboxylic acids is 1. The van der Waals surface area contributed by atoms with Crippen molar-refractivity contribution in [2.24, 2.45) is 5.92 Å². The molecule has 0 aromatic rings. The fourth-order valence-electron chi connectivity index (χ4n) is 0.980. The molecule has 0 bridgehead atoms. The minimum Gasteiger partial charge on any atom is -0.377 e. The van der Waals surface area contributed by atoms with Crippen molar-refractivity contribution in [1.82, 2.24) is 0 Å².